The SMILES string of the molecule is O=C1OCC(c2ccc(OCc3ccc4ccccc4n3)cc2Cl)=C1c1ccncc1. The largest absolute Gasteiger partial charge is 0.487 e. The van der Waals surface area contributed by atoms with Crippen LogP contribution < -0.4 is 4.74 Å². The lowest BCUT2D eigenvalue weighted by Crippen LogP contribution is -1.99. The van der Waals surface area contributed by atoms with Gasteiger partial charge in [-0.15, -0.1) is 0 Å². The number of nitrogens with zero attached hydrogens (tertiary/aromatic N) is 2. The highest BCUT2D eigenvalue weighted by Crippen LogP contribution is 2.37. The van der Waals surface area contributed by atoms with Crippen LogP contribution >= 0.6 is 11.6 Å². The van der Waals surface area contributed by atoms with Crippen molar-refractivity contribution < 1.29 is 14.3 Å². The van der Waals surface area contributed by atoms with E-state index in [-0.39, 0.29) is 12.6 Å². The molecule has 0 aliphatic carbocycles. The van der Waals surface area contributed by atoms with Gasteiger partial charge in [0.25, 0.3) is 0 Å². The molecule has 5 rings (SSSR count). The first kappa shape index (κ1) is 19.3. The number of benzene rings is 2. The van der Waals surface area contributed by atoms with Crippen LogP contribution in [0.2, 0.25) is 5.02 Å². The van der Waals surface area contributed by atoms with E-state index in [0.29, 0.717) is 23.0 Å². The molecule has 0 radical (unpaired) electrons. The zero-order chi connectivity index (χ0) is 21.2. The van der Waals surface area contributed by atoms with E-state index in [1.807, 2.05) is 48.5 Å². The summed E-state index contributed by atoms with van der Waals surface area (Å²) in [5.41, 5.74) is 4.53. The van der Waals surface area contributed by atoms with Gasteiger partial charge in [-0.3, -0.25) is 4.98 Å². The molecule has 5 nitrogen and oxygen atoms in total. The molecule has 6 heteroatoms. The van der Waals surface area contributed by atoms with Crippen LogP contribution in [0.1, 0.15) is 16.8 Å². The lowest BCUT2D eigenvalue weighted by molar-refractivity contribution is -0.133. The van der Waals surface area contributed by atoms with E-state index in [2.05, 4.69) is 9.97 Å². The second-order valence-corrected chi connectivity index (χ2v) is 7.50. The Labute approximate surface area is 183 Å². The van der Waals surface area contributed by atoms with Crippen molar-refractivity contribution >= 4 is 39.6 Å². The van der Waals surface area contributed by atoms with E-state index >= 15 is 0 Å². The number of hydrogen-bond donors (Lipinski definition) is 0. The predicted molar refractivity (Wildman–Crippen MR) is 120 cm³/mol. The molecular weight excluding hydrogens is 412 g/mol. The minimum atomic E-state index is -0.361. The second-order valence-electron chi connectivity index (χ2n) is 7.09. The lowest BCUT2D eigenvalue weighted by atomic mass is 9.97. The van der Waals surface area contributed by atoms with E-state index in [9.17, 15) is 4.79 Å². The van der Waals surface area contributed by atoms with Crippen LogP contribution in [-0.2, 0) is 16.1 Å². The Balaban J connectivity index is 1.39. The van der Waals surface area contributed by atoms with Crippen LogP contribution in [0.25, 0.3) is 22.0 Å². The maximum Gasteiger partial charge on any atom is 0.339 e. The molecule has 2 aromatic heterocycles. The Morgan fingerprint density at radius 3 is 2.68 bits per heavy atom. The molecule has 31 heavy (non-hydrogen) atoms. The average Bonchev–Trinajstić information content (AvgIpc) is 3.19. The second kappa shape index (κ2) is 8.20. The number of aromatic nitrogens is 2. The van der Waals surface area contributed by atoms with Gasteiger partial charge in [-0.05, 0) is 48.0 Å². The van der Waals surface area contributed by atoms with E-state index in [4.69, 9.17) is 21.1 Å². The molecule has 1 aliphatic rings. The molecule has 1 aliphatic heterocycles. The monoisotopic (exact) mass is 428 g/mol. The van der Waals surface area contributed by atoms with Crippen LogP contribution in [0.4, 0.5) is 0 Å². The maximum atomic E-state index is 12.3. The number of carbonyl (C=O) groups is 1. The smallest absolute Gasteiger partial charge is 0.339 e. The van der Waals surface area contributed by atoms with E-state index in [1.54, 1.807) is 30.6 Å². The van der Waals surface area contributed by atoms with Crippen LogP contribution in [0.3, 0.4) is 0 Å². The van der Waals surface area contributed by atoms with Gasteiger partial charge in [0.2, 0.25) is 0 Å². The molecule has 0 amide bonds. The minimum absolute atomic E-state index is 0.178. The van der Waals surface area contributed by atoms with Crippen molar-refractivity contribution in [3.63, 3.8) is 0 Å². The Kier molecular flexibility index (Phi) is 5.10. The summed E-state index contributed by atoms with van der Waals surface area (Å²) in [6, 6.07) is 20.9. The van der Waals surface area contributed by atoms with Crippen molar-refractivity contribution in [2.75, 3.05) is 6.61 Å². The van der Waals surface area contributed by atoms with Gasteiger partial charge < -0.3 is 9.47 Å². The summed E-state index contributed by atoms with van der Waals surface area (Å²) < 4.78 is 11.2. The third kappa shape index (κ3) is 3.88. The molecule has 0 atom stereocenters. The van der Waals surface area contributed by atoms with Gasteiger partial charge >= 0.3 is 5.97 Å². The molecule has 0 saturated carbocycles. The molecule has 4 aromatic rings. The Hall–Kier alpha value is -3.70. The van der Waals surface area contributed by atoms with Crippen molar-refractivity contribution in [3.8, 4) is 5.75 Å². The highest BCUT2D eigenvalue weighted by molar-refractivity contribution is 6.35. The summed E-state index contributed by atoms with van der Waals surface area (Å²) in [5, 5.41) is 1.58. The van der Waals surface area contributed by atoms with Gasteiger partial charge in [0.05, 0.1) is 21.8 Å². The van der Waals surface area contributed by atoms with Gasteiger partial charge in [-0.1, -0.05) is 35.9 Å². The first-order chi connectivity index (χ1) is 15.2. The molecule has 2 aromatic carbocycles. The van der Waals surface area contributed by atoms with Gasteiger partial charge in [-0.25, -0.2) is 9.78 Å². The standard InChI is InChI=1S/C25H17ClN2O3/c26-22-13-19(30-14-18-6-5-16-3-1-2-4-23(16)28-18)7-8-20(22)21-15-31-25(29)24(21)17-9-11-27-12-10-17/h1-13H,14-15H2. The third-order valence-electron chi connectivity index (χ3n) is 5.13. The van der Waals surface area contributed by atoms with Crippen LogP contribution in [0, 0.1) is 0 Å². The fourth-order valence-electron chi connectivity index (χ4n) is 3.60. The zero-order valence-electron chi connectivity index (χ0n) is 16.4. The maximum absolute atomic E-state index is 12.3. The Bertz CT molecular complexity index is 1320. The predicted octanol–water partition coefficient (Wildman–Crippen LogP) is 5.33. The van der Waals surface area contributed by atoms with Gasteiger partial charge in [-0.2, -0.15) is 0 Å². The Morgan fingerprint density at radius 2 is 1.84 bits per heavy atom. The molecule has 0 bridgehead atoms. The summed E-state index contributed by atoms with van der Waals surface area (Å²) in [6.07, 6.45) is 3.29. The summed E-state index contributed by atoms with van der Waals surface area (Å²) in [4.78, 5) is 20.9. The lowest BCUT2D eigenvalue weighted by Gasteiger charge is -2.11. The molecule has 0 spiro atoms. The molecule has 3 heterocycles. The first-order valence-electron chi connectivity index (χ1n) is 9.77. The van der Waals surface area contributed by atoms with Gasteiger partial charge in [0.15, 0.2) is 0 Å². The van der Waals surface area contributed by atoms with Crippen molar-refractivity contribution in [1.82, 2.24) is 9.97 Å². The van der Waals surface area contributed by atoms with E-state index in [0.717, 1.165) is 33.3 Å². The van der Waals surface area contributed by atoms with E-state index < -0.39 is 0 Å². The van der Waals surface area contributed by atoms with Crippen molar-refractivity contribution in [1.29, 1.82) is 0 Å². The molecule has 0 unspecified atom stereocenters. The molecular formula is C25H17ClN2O3. The summed E-state index contributed by atoms with van der Waals surface area (Å²) >= 11 is 6.56. The number of halogens is 1. The number of cyclic esters (lactones) is 1. The molecule has 0 N–H and O–H groups in total. The fourth-order valence-corrected chi connectivity index (χ4v) is 3.89. The van der Waals surface area contributed by atoms with Crippen LogP contribution in [0.15, 0.2) is 79.1 Å². The number of carbonyl (C=O) groups excluding carboxylic acids is 1. The number of ether oxygens (including phenoxy) is 2. The highest BCUT2D eigenvalue weighted by atomic mass is 35.5. The number of esters is 1. The van der Waals surface area contributed by atoms with Crippen molar-refractivity contribution in [2.24, 2.45) is 0 Å². The average molecular weight is 429 g/mol. The summed E-state index contributed by atoms with van der Waals surface area (Å²) in [6.45, 7) is 0.504. The summed E-state index contributed by atoms with van der Waals surface area (Å²) in [5.74, 6) is 0.264. The minimum Gasteiger partial charge on any atom is -0.487 e. The van der Waals surface area contributed by atoms with Gasteiger partial charge in [0, 0.05) is 28.9 Å². The topological polar surface area (TPSA) is 61.3 Å². The fraction of sp³-hybridized carbons (Fsp3) is 0.0800. The molecule has 0 saturated heterocycles. The quantitative estimate of drug-likeness (QED) is 0.402. The first-order valence-corrected chi connectivity index (χ1v) is 10.1. The van der Waals surface area contributed by atoms with E-state index in [1.165, 1.54) is 0 Å². The van der Waals surface area contributed by atoms with Crippen LogP contribution in [0.5, 0.6) is 5.75 Å². The number of fused-ring (bicyclic) bond motifs is 1. The third-order valence-corrected chi connectivity index (χ3v) is 5.44. The number of hydrogen-bond acceptors (Lipinski definition) is 5. The normalized spacial score (nSPS) is 13.5. The number of rotatable bonds is 5. The summed E-state index contributed by atoms with van der Waals surface area (Å²) in [7, 11) is 0. The highest BCUT2D eigenvalue weighted by Gasteiger charge is 2.28. The Morgan fingerprint density at radius 1 is 1.00 bits per heavy atom. The van der Waals surface area contributed by atoms with Crippen molar-refractivity contribution in [2.45, 2.75) is 6.61 Å². The number of para-hydroxylation sites is 1. The molecule has 0 fully saturated rings. The van der Waals surface area contributed by atoms with Crippen LogP contribution in [-0.4, -0.2) is 22.5 Å². The zero-order valence-corrected chi connectivity index (χ0v) is 17.2. The molecule has 152 valence electrons. The van der Waals surface area contributed by atoms with Crippen molar-refractivity contribution in [3.05, 3.63) is 101 Å². The van der Waals surface area contributed by atoms with Gasteiger partial charge in [0.1, 0.15) is 19.0 Å². The number of pyridine rings is 2.